The minimum atomic E-state index is -0.168. The van der Waals surface area contributed by atoms with Gasteiger partial charge in [-0.3, -0.25) is 9.79 Å². The third kappa shape index (κ3) is 2.71. The summed E-state index contributed by atoms with van der Waals surface area (Å²) in [5, 5.41) is 6.17. The van der Waals surface area contributed by atoms with Crippen LogP contribution in [-0.2, 0) is 20.0 Å². The summed E-state index contributed by atoms with van der Waals surface area (Å²) in [7, 11) is 1.87. The van der Waals surface area contributed by atoms with Gasteiger partial charge in [-0.15, -0.1) is 11.3 Å². The average molecular weight is 391 g/mol. The second-order valence-corrected chi connectivity index (χ2v) is 7.74. The van der Waals surface area contributed by atoms with E-state index in [2.05, 4.69) is 15.1 Å². The Morgan fingerprint density at radius 2 is 2.18 bits per heavy atom. The highest BCUT2D eigenvalue weighted by atomic mass is 32.1. The van der Waals surface area contributed by atoms with Gasteiger partial charge in [-0.1, -0.05) is 12.1 Å². The Kier molecular flexibility index (Phi) is 3.83. The number of aryl methyl sites for hydroxylation is 1. The number of allylic oxidation sites excluding steroid dienone is 1. The zero-order chi connectivity index (χ0) is 19.3. The molecule has 5 rings (SSSR count). The van der Waals surface area contributed by atoms with E-state index in [1.807, 2.05) is 35.9 Å². The van der Waals surface area contributed by atoms with Gasteiger partial charge in [-0.25, -0.2) is 14.6 Å². The van der Waals surface area contributed by atoms with Gasteiger partial charge in [-0.2, -0.15) is 5.10 Å². The number of hydrogen-bond acceptors (Lipinski definition) is 7. The summed E-state index contributed by atoms with van der Waals surface area (Å²) in [5.41, 5.74) is 8.69. The molecular weight excluding hydrogens is 374 g/mol. The van der Waals surface area contributed by atoms with Gasteiger partial charge in [0.05, 0.1) is 29.7 Å². The third-order valence-electron chi connectivity index (χ3n) is 4.75. The van der Waals surface area contributed by atoms with Crippen molar-refractivity contribution in [3.05, 3.63) is 57.6 Å². The highest BCUT2D eigenvalue weighted by Gasteiger charge is 2.19. The topological polar surface area (TPSA) is 104 Å². The minimum absolute atomic E-state index is 0.168. The van der Waals surface area contributed by atoms with Crippen molar-refractivity contribution < 1.29 is 0 Å². The molecule has 28 heavy (non-hydrogen) atoms. The predicted molar refractivity (Wildman–Crippen MR) is 111 cm³/mol. The second kappa shape index (κ2) is 6.38. The maximum atomic E-state index is 13.0. The monoisotopic (exact) mass is 391 g/mol. The van der Waals surface area contributed by atoms with E-state index in [1.165, 1.54) is 4.68 Å². The Hall–Kier alpha value is -3.33. The fraction of sp³-hybridized carbons (Fsp3) is 0.211. The van der Waals surface area contributed by atoms with E-state index in [0.717, 1.165) is 33.0 Å². The van der Waals surface area contributed by atoms with Crippen molar-refractivity contribution in [2.24, 2.45) is 12.0 Å². The smallest absolute Gasteiger partial charge is 0.291 e. The molecule has 8 nitrogen and oxygen atoms in total. The zero-order valence-corrected chi connectivity index (χ0v) is 16.0. The van der Waals surface area contributed by atoms with Gasteiger partial charge in [0.1, 0.15) is 16.3 Å². The number of nitrogen functional groups attached to an aromatic ring is 1. The molecule has 0 aromatic carbocycles. The number of pyridine rings is 1. The lowest BCUT2D eigenvalue weighted by Crippen LogP contribution is -2.25. The number of aromatic nitrogens is 5. The zero-order valence-electron chi connectivity index (χ0n) is 15.2. The molecule has 0 bridgehead atoms. The van der Waals surface area contributed by atoms with Gasteiger partial charge < -0.3 is 10.3 Å². The standard InChI is InChI=1S/C19H17N7OS/c1-25-16-13(17-18(25)24-15(28-17)8-11-5-3-7-21-11)9-22-26(19(16)27)10-12-4-2-6-14(20)23-12/h2-6,9H,7-8,10H2,1H3,(H2,20,23). The summed E-state index contributed by atoms with van der Waals surface area (Å²) >= 11 is 1.59. The predicted octanol–water partition coefficient (Wildman–Crippen LogP) is 1.92. The van der Waals surface area contributed by atoms with Crippen LogP contribution in [0.2, 0.25) is 0 Å². The largest absolute Gasteiger partial charge is 0.384 e. The molecule has 0 fully saturated rings. The molecule has 0 radical (unpaired) electrons. The molecule has 1 aliphatic heterocycles. The van der Waals surface area contributed by atoms with Crippen molar-refractivity contribution in [1.82, 2.24) is 24.3 Å². The number of hydrogen-bond donors (Lipinski definition) is 1. The first-order valence-corrected chi connectivity index (χ1v) is 9.67. The van der Waals surface area contributed by atoms with Crippen LogP contribution in [0.5, 0.6) is 0 Å². The molecule has 0 amide bonds. The molecule has 0 atom stereocenters. The van der Waals surface area contributed by atoms with E-state index < -0.39 is 0 Å². The van der Waals surface area contributed by atoms with E-state index in [9.17, 15) is 4.79 Å². The van der Waals surface area contributed by atoms with Gasteiger partial charge in [0, 0.05) is 24.6 Å². The first kappa shape index (κ1) is 16.8. The van der Waals surface area contributed by atoms with Gasteiger partial charge in [-0.05, 0) is 18.2 Å². The molecule has 2 N–H and O–H groups in total. The van der Waals surface area contributed by atoms with E-state index in [1.54, 1.807) is 23.6 Å². The fourth-order valence-corrected chi connectivity index (χ4v) is 4.56. The maximum absolute atomic E-state index is 13.0. The van der Waals surface area contributed by atoms with Gasteiger partial charge >= 0.3 is 0 Å². The number of anilines is 1. The van der Waals surface area contributed by atoms with Gasteiger partial charge in [0.25, 0.3) is 5.56 Å². The highest BCUT2D eigenvalue weighted by molar-refractivity contribution is 7.19. The van der Waals surface area contributed by atoms with Crippen LogP contribution in [0.1, 0.15) is 10.7 Å². The Balaban J connectivity index is 1.58. The van der Waals surface area contributed by atoms with Crippen molar-refractivity contribution in [3.63, 3.8) is 0 Å². The molecule has 9 heteroatoms. The Labute approximate surface area is 163 Å². The maximum Gasteiger partial charge on any atom is 0.291 e. The molecule has 4 aromatic rings. The molecule has 1 aliphatic rings. The summed E-state index contributed by atoms with van der Waals surface area (Å²) in [5.74, 6) is 0.421. The lowest BCUT2D eigenvalue weighted by molar-refractivity contribution is 0.633. The van der Waals surface area contributed by atoms with Crippen LogP contribution in [0, 0.1) is 0 Å². The molecule has 0 saturated heterocycles. The van der Waals surface area contributed by atoms with Crippen LogP contribution in [0.3, 0.4) is 0 Å². The molecule has 0 aliphatic carbocycles. The van der Waals surface area contributed by atoms with E-state index in [-0.39, 0.29) is 12.1 Å². The van der Waals surface area contributed by atoms with Crippen molar-refractivity contribution in [2.75, 3.05) is 12.3 Å². The van der Waals surface area contributed by atoms with Crippen LogP contribution in [0.25, 0.3) is 21.3 Å². The van der Waals surface area contributed by atoms with Gasteiger partial charge in [0.2, 0.25) is 0 Å². The summed E-state index contributed by atoms with van der Waals surface area (Å²) in [6.07, 6.45) is 6.53. The number of nitrogens with two attached hydrogens (primary N) is 1. The summed E-state index contributed by atoms with van der Waals surface area (Å²) in [4.78, 5) is 26.5. The summed E-state index contributed by atoms with van der Waals surface area (Å²) in [6, 6.07) is 5.35. The van der Waals surface area contributed by atoms with Gasteiger partial charge in [0.15, 0.2) is 5.65 Å². The molecule has 0 saturated carbocycles. The van der Waals surface area contributed by atoms with E-state index in [4.69, 9.17) is 10.7 Å². The lowest BCUT2D eigenvalue weighted by Gasteiger charge is -2.05. The Morgan fingerprint density at radius 1 is 1.29 bits per heavy atom. The van der Waals surface area contributed by atoms with Crippen LogP contribution in [-0.4, -0.2) is 36.6 Å². The fourth-order valence-electron chi connectivity index (χ4n) is 3.44. The van der Waals surface area contributed by atoms with Crippen molar-refractivity contribution >= 4 is 44.1 Å². The van der Waals surface area contributed by atoms with Crippen LogP contribution < -0.4 is 11.3 Å². The van der Waals surface area contributed by atoms with E-state index >= 15 is 0 Å². The quantitative estimate of drug-likeness (QED) is 0.572. The first-order chi connectivity index (χ1) is 13.6. The summed E-state index contributed by atoms with van der Waals surface area (Å²) in [6.45, 7) is 1.01. The SMILES string of the molecule is Cn1c2nc(CC3=NCC=C3)sc2c2cnn(Cc3cccc(N)n3)c(=O)c21. The number of rotatable bonds is 4. The van der Waals surface area contributed by atoms with Crippen LogP contribution in [0.4, 0.5) is 5.82 Å². The average Bonchev–Trinajstić information content (AvgIpc) is 3.37. The van der Waals surface area contributed by atoms with Crippen LogP contribution in [0.15, 0.2) is 46.3 Å². The highest BCUT2D eigenvalue weighted by Crippen LogP contribution is 2.31. The second-order valence-electron chi connectivity index (χ2n) is 6.65. The Bertz CT molecular complexity index is 1340. The minimum Gasteiger partial charge on any atom is -0.384 e. The number of thiazole rings is 1. The van der Waals surface area contributed by atoms with E-state index in [0.29, 0.717) is 23.4 Å². The third-order valence-corrected chi connectivity index (χ3v) is 5.83. The first-order valence-electron chi connectivity index (χ1n) is 8.85. The molecule has 5 heterocycles. The lowest BCUT2D eigenvalue weighted by atomic mass is 10.3. The molecule has 0 spiro atoms. The molecule has 4 aromatic heterocycles. The van der Waals surface area contributed by atoms with Crippen molar-refractivity contribution in [1.29, 1.82) is 0 Å². The number of fused-ring (bicyclic) bond motifs is 3. The van der Waals surface area contributed by atoms with Crippen LogP contribution >= 0.6 is 11.3 Å². The normalized spacial score (nSPS) is 13.7. The number of aliphatic imine (C=N–C) groups is 1. The molecule has 140 valence electrons. The molecular formula is C19H17N7OS. The molecule has 0 unspecified atom stereocenters. The van der Waals surface area contributed by atoms with Crippen molar-refractivity contribution in [3.8, 4) is 0 Å². The summed E-state index contributed by atoms with van der Waals surface area (Å²) < 4.78 is 4.24. The van der Waals surface area contributed by atoms with Crippen molar-refractivity contribution in [2.45, 2.75) is 13.0 Å². The Morgan fingerprint density at radius 3 is 2.96 bits per heavy atom. The number of nitrogens with zero attached hydrogens (tertiary/aromatic N) is 6.